The number of allylic oxidation sites excluding steroid dienone is 5. The van der Waals surface area contributed by atoms with Crippen LogP contribution in [0, 0.1) is 5.41 Å². The van der Waals surface area contributed by atoms with Crippen LogP contribution in [0.1, 0.15) is 16.8 Å². The fraction of sp³-hybridized carbons (Fsp3) is 0.222. The Morgan fingerprint density at radius 2 is 1.74 bits per heavy atom. The lowest BCUT2D eigenvalue weighted by Gasteiger charge is -2.20. The van der Waals surface area contributed by atoms with Gasteiger partial charge in [0, 0.05) is 11.3 Å². The van der Waals surface area contributed by atoms with Crippen molar-refractivity contribution in [2.75, 3.05) is 20.3 Å². The molecule has 11 heteroatoms. The van der Waals surface area contributed by atoms with Gasteiger partial charge in [-0.25, -0.2) is 0 Å². The molecule has 38 heavy (non-hydrogen) atoms. The zero-order chi connectivity index (χ0) is 27.7. The summed E-state index contributed by atoms with van der Waals surface area (Å²) in [6.07, 6.45) is 1.65. The molecule has 0 fully saturated rings. The third-order valence-electron chi connectivity index (χ3n) is 5.37. The number of hydrogen-bond acceptors (Lipinski definition) is 6. The number of alkyl halides is 4. The second-order valence-electron chi connectivity index (χ2n) is 8.11. The summed E-state index contributed by atoms with van der Waals surface area (Å²) < 4.78 is 49.0. The van der Waals surface area contributed by atoms with E-state index in [-0.39, 0.29) is 18.8 Å². The van der Waals surface area contributed by atoms with Crippen LogP contribution >= 0.6 is 11.6 Å². The summed E-state index contributed by atoms with van der Waals surface area (Å²) in [5, 5.41) is 12.2. The molecule has 7 nitrogen and oxygen atoms in total. The van der Waals surface area contributed by atoms with E-state index in [0.29, 0.717) is 29.5 Å². The molecular weight excluding hydrogens is 523 g/mol. The first-order valence-corrected chi connectivity index (χ1v) is 11.8. The summed E-state index contributed by atoms with van der Waals surface area (Å²) in [5.41, 5.74) is 1.03. The molecule has 1 aliphatic carbocycles. The monoisotopic (exact) mass is 547 g/mol. The van der Waals surface area contributed by atoms with Crippen molar-refractivity contribution in [1.29, 1.82) is 5.41 Å². The molecule has 2 aromatic carbocycles. The van der Waals surface area contributed by atoms with Gasteiger partial charge in [-0.2, -0.15) is 13.2 Å². The number of benzene rings is 2. The molecular formula is C27H25ClF3N3O4. The van der Waals surface area contributed by atoms with Crippen molar-refractivity contribution in [3.05, 3.63) is 89.8 Å². The molecule has 1 amide bonds. The number of ether oxygens (including phenoxy) is 2. The van der Waals surface area contributed by atoms with Gasteiger partial charge in [0.15, 0.2) is 0 Å². The summed E-state index contributed by atoms with van der Waals surface area (Å²) in [6.45, 7) is -0.485. The molecule has 200 valence electrons. The number of halogens is 4. The topological polar surface area (TPSA) is 101 Å². The highest BCUT2D eigenvalue weighted by Crippen LogP contribution is 2.24. The summed E-state index contributed by atoms with van der Waals surface area (Å²) in [7, 11) is 1.23. The third kappa shape index (κ3) is 8.24. The Morgan fingerprint density at radius 1 is 1.11 bits per heavy atom. The predicted molar refractivity (Wildman–Crippen MR) is 138 cm³/mol. The second kappa shape index (κ2) is 13.0. The van der Waals surface area contributed by atoms with E-state index < -0.39 is 29.1 Å². The molecule has 3 N–H and O–H groups in total. The lowest BCUT2D eigenvalue weighted by Crippen LogP contribution is -2.30. The van der Waals surface area contributed by atoms with Gasteiger partial charge in [-0.3, -0.25) is 15.0 Å². The minimum Gasteiger partial charge on any atom is -0.487 e. The molecule has 0 saturated carbocycles. The van der Waals surface area contributed by atoms with E-state index in [1.54, 1.807) is 60.7 Å². The van der Waals surface area contributed by atoms with Gasteiger partial charge in [-0.05, 0) is 54.0 Å². The lowest BCUT2D eigenvalue weighted by molar-refractivity contribution is -0.139. The molecule has 1 unspecified atom stereocenters. The normalized spacial score (nSPS) is 15.3. The van der Waals surface area contributed by atoms with Gasteiger partial charge < -0.3 is 20.1 Å². The number of esters is 1. The van der Waals surface area contributed by atoms with E-state index in [0.717, 1.165) is 11.1 Å². The standard InChI is InChI=1S/C27H25ClF3N3O4/c1-37-25(35)15-33-26(36)19-8-6-17(7-9-19)18-10-12-21(13-11-18)38-16-20(14-24(32)27(29,30)31)34-23-5-3-2-4-22(23)28/h2-3,5-14,22,32,34H,4,15-16H2,1H3,(H,33,36)/b20-14-,32-24?. The first kappa shape index (κ1) is 28.5. The molecule has 0 bridgehead atoms. The Kier molecular flexibility index (Phi) is 9.72. The fourth-order valence-electron chi connectivity index (χ4n) is 3.32. The zero-order valence-corrected chi connectivity index (χ0v) is 21.0. The van der Waals surface area contributed by atoms with Gasteiger partial charge in [0.05, 0.1) is 18.2 Å². The molecule has 0 radical (unpaired) electrons. The summed E-state index contributed by atoms with van der Waals surface area (Å²) in [6, 6.07) is 13.6. The van der Waals surface area contributed by atoms with Gasteiger partial charge in [0.1, 0.15) is 24.6 Å². The third-order valence-corrected chi connectivity index (χ3v) is 5.78. The highest BCUT2D eigenvalue weighted by atomic mass is 35.5. The van der Waals surface area contributed by atoms with E-state index in [2.05, 4.69) is 15.4 Å². The Hall–Kier alpha value is -4.05. The molecule has 0 aliphatic heterocycles. The van der Waals surface area contributed by atoms with Crippen LogP contribution in [0.3, 0.4) is 0 Å². The minimum absolute atomic E-state index is 0.0321. The van der Waals surface area contributed by atoms with E-state index in [1.165, 1.54) is 7.11 Å². The average molecular weight is 548 g/mol. The number of rotatable bonds is 10. The Labute approximate surface area is 222 Å². The van der Waals surface area contributed by atoms with Crippen LogP contribution in [-0.2, 0) is 9.53 Å². The summed E-state index contributed by atoms with van der Waals surface area (Å²) in [5.74, 6) is -0.568. The maximum Gasteiger partial charge on any atom is 0.432 e. The maximum atomic E-state index is 13.0. The van der Waals surface area contributed by atoms with E-state index in [1.807, 2.05) is 6.08 Å². The Balaban J connectivity index is 1.66. The van der Waals surface area contributed by atoms with E-state index in [4.69, 9.17) is 21.7 Å². The van der Waals surface area contributed by atoms with Crippen LogP contribution in [0.15, 0.2) is 84.2 Å². The van der Waals surface area contributed by atoms with Gasteiger partial charge >= 0.3 is 12.1 Å². The summed E-state index contributed by atoms with van der Waals surface area (Å²) >= 11 is 6.24. The highest BCUT2D eigenvalue weighted by molar-refractivity contribution is 6.22. The van der Waals surface area contributed by atoms with E-state index >= 15 is 0 Å². The molecule has 1 aliphatic rings. The average Bonchev–Trinajstić information content (AvgIpc) is 2.91. The molecule has 0 aromatic heterocycles. The van der Waals surface area contributed by atoms with Gasteiger partial charge in [0.25, 0.3) is 5.91 Å². The molecule has 3 rings (SSSR count). The van der Waals surface area contributed by atoms with Crippen LogP contribution in [0.2, 0.25) is 0 Å². The van der Waals surface area contributed by atoms with Crippen molar-refractivity contribution >= 4 is 29.2 Å². The molecule has 2 aromatic rings. The number of nitrogens with one attached hydrogen (secondary N) is 3. The first-order chi connectivity index (χ1) is 18.1. The number of methoxy groups -OCH3 is 1. The number of carbonyl (C=O) groups excluding carboxylic acids is 2. The van der Waals surface area contributed by atoms with Crippen molar-refractivity contribution in [3.63, 3.8) is 0 Å². The smallest absolute Gasteiger partial charge is 0.432 e. The molecule has 1 atom stereocenters. The minimum atomic E-state index is -4.80. The highest BCUT2D eigenvalue weighted by Gasteiger charge is 2.33. The maximum absolute atomic E-state index is 13.0. The van der Waals surface area contributed by atoms with Crippen LogP contribution in [0.5, 0.6) is 5.75 Å². The van der Waals surface area contributed by atoms with Crippen molar-refractivity contribution < 1.29 is 32.2 Å². The SMILES string of the molecule is COC(=O)CNC(=O)c1ccc(-c2ccc(OC/C(=C/C(=N)C(F)(F)F)NC3=CC=CCC3Cl)cc2)cc1. The molecule has 0 spiro atoms. The Bertz CT molecular complexity index is 1250. The molecule has 0 heterocycles. The summed E-state index contributed by atoms with van der Waals surface area (Å²) in [4.78, 5) is 23.3. The Morgan fingerprint density at radius 3 is 2.32 bits per heavy atom. The zero-order valence-electron chi connectivity index (χ0n) is 20.3. The van der Waals surface area contributed by atoms with Crippen LogP contribution in [-0.4, -0.2) is 49.4 Å². The van der Waals surface area contributed by atoms with E-state index in [9.17, 15) is 22.8 Å². The van der Waals surface area contributed by atoms with Crippen molar-refractivity contribution in [2.45, 2.75) is 18.0 Å². The predicted octanol–water partition coefficient (Wildman–Crippen LogP) is 5.14. The quantitative estimate of drug-likeness (QED) is 0.217. The van der Waals surface area contributed by atoms with Gasteiger partial charge in [-0.1, -0.05) is 36.4 Å². The van der Waals surface area contributed by atoms with Crippen molar-refractivity contribution in [1.82, 2.24) is 10.6 Å². The van der Waals surface area contributed by atoms with Gasteiger partial charge in [-0.15, -0.1) is 11.6 Å². The van der Waals surface area contributed by atoms with Gasteiger partial charge in [0.2, 0.25) is 0 Å². The van der Waals surface area contributed by atoms with Crippen LogP contribution in [0.4, 0.5) is 13.2 Å². The number of carbonyl (C=O) groups is 2. The second-order valence-corrected chi connectivity index (χ2v) is 8.64. The van der Waals surface area contributed by atoms with Crippen molar-refractivity contribution in [2.24, 2.45) is 0 Å². The van der Waals surface area contributed by atoms with Crippen LogP contribution < -0.4 is 15.4 Å². The molecule has 0 saturated heterocycles. The lowest BCUT2D eigenvalue weighted by atomic mass is 10.0. The largest absolute Gasteiger partial charge is 0.487 e. The first-order valence-electron chi connectivity index (χ1n) is 11.4. The fourth-order valence-corrected chi connectivity index (χ4v) is 3.55. The van der Waals surface area contributed by atoms with Crippen molar-refractivity contribution in [3.8, 4) is 16.9 Å². The number of amides is 1. The number of hydrogen-bond donors (Lipinski definition) is 3. The van der Waals surface area contributed by atoms with Crippen LogP contribution in [0.25, 0.3) is 11.1 Å².